The molecule has 2 rings (SSSR count). The Kier molecular flexibility index (Phi) is 6.72. The minimum absolute atomic E-state index is 0.221. The quantitative estimate of drug-likeness (QED) is 0.796. The standard InChI is InChI=1S/C18H27ClN2O2/c1-14-5-4-6-15(2)21(14)18(22)13-20(3)11-12-23-17-9-7-16(19)8-10-17/h7-10,14-15H,4-6,11-13H2,1-3H3. The van der Waals surface area contributed by atoms with Crippen LogP contribution >= 0.6 is 11.6 Å². The Hall–Kier alpha value is -1.26. The molecule has 0 aromatic heterocycles. The second kappa shape index (κ2) is 8.55. The van der Waals surface area contributed by atoms with E-state index in [4.69, 9.17) is 16.3 Å². The monoisotopic (exact) mass is 338 g/mol. The molecule has 128 valence electrons. The van der Waals surface area contributed by atoms with Crippen molar-refractivity contribution in [3.63, 3.8) is 0 Å². The van der Waals surface area contributed by atoms with Crippen molar-refractivity contribution in [2.24, 2.45) is 0 Å². The molecule has 0 aliphatic carbocycles. The average molecular weight is 339 g/mol. The van der Waals surface area contributed by atoms with Gasteiger partial charge in [0.15, 0.2) is 0 Å². The molecule has 5 heteroatoms. The van der Waals surface area contributed by atoms with Gasteiger partial charge in [0, 0.05) is 23.7 Å². The molecule has 0 spiro atoms. The van der Waals surface area contributed by atoms with E-state index < -0.39 is 0 Å². The lowest BCUT2D eigenvalue weighted by Gasteiger charge is -2.39. The van der Waals surface area contributed by atoms with Crippen molar-refractivity contribution in [3.8, 4) is 5.75 Å². The summed E-state index contributed by atoms with van der Waals surface area (Å²) in [7, 11) is 1.96. The van der Waals surface area contributed by atoms with Crippen molar-refractivity contribution < 1.29 is 9.53 Å². The van der Waals surface area contributed by atoms with E-state index in [1.165, 1.54) is 6.42 Å². The number of carbonyl (C=O) groups is 1. The van der Waals surface area contributed by atoms with Gasteiger partial charge < -0.3 is 9.64 Å². The van der Waals surface area contributed by atoms with Crippen molar-refractivity contribution in [1.29, 1.82) is 0 Å². The highest BCUT2D eigenvalue weighted by atomic mass is 35.5. The van der Waals surface area contributed by atoms with Gasteiger partial charge in [-0.25, -0.2) is 0 Å². The first-order valence-corrected chi connectivity index (χ1v) is 8.73. The van der Waals surface area contributed by atoms with Crippen LogP contribution in [0.5, 0.6) is 5.75 Å². The minimum Gasteiger partial charge on any atom is -0.492 e. The van der Waals surface area contributed by atoms with Crippen LogP contribution in [-0.4, -0.2) is 54.5 Å². The highest BCUT2D eigenvalue weighted by Crippen LogP contribution is 2.22. The fourth-order valence-corrected chi connectivity index (χ4v) is 3.28. The summed E-state index contributed by atoms with van der Waals surface area (Å²) < 4.78 is 5.68. The van der Waals surface area contributed by atoms with Crippen LogP contribution in [0, 0.1) is 0 Å². The Bertz CT molecular complexity index is 496. The first-order chi connectivity index (χ1) is 11.0. The van der Waals surface area contributed by atoms with Crippen LogP contribution in [0.25, 0.3) is 0 Å². The van der Waals surface area contributed by atoms with Gasteiger partial charge in [-0.1, -0.05) is 11.6 Å². The van der Waals surface area contributed by atoms with Gasteiger partial charge in [0.25, 0.3) is 0 Å². The number of nitrogens with zero attached hydrogens (tertiary/aromatic N) is 2. The zero-order valence-electron chi connectivity index (χ0n) is 14.3. The predicted molar refractivity (Wildman–Crippen MR) is 94.1 cm³/mol. The number of piperidine rings is 1. The van der Waals surface area contributed by atoms with Gasteiger partial charge in [-0.3, -0.25) is 9.69 Å². The molecule has 1 amide bonds. The van der Waals surface area contributed by atoms with E-state index in [-0.39, 0.29) is 5.91 Å². The second-order valence-electron chi connectivity index (χ2n) is 6.47. The molecule has 0 bridgehead atoms. The molecule has 4 nitrogen and oxygen atoms in total. The maximum atomic E-state index is 12.5. The van der Waals surface area contributed by atoms with E-state index in [9.17, 15) is 4.79 Å². The number of likely N-dealkylation sites (N-methyl/N-ethyl adjacent to an activating group) is 1. The summed E-state index contributed by atoms with van der Waals surface area (Å²) >= 11 is 5.84. The molecule has 0 N–H and O–H groups in total. The molecule has 1 aromatic carbocycles. The number of hydrogen-bond acceptors (Lipinski definition) is 3. The lowest BCUT2D eigenvalue weighted by atomic mass is 9.97. The number of rotatable bonds is 6. The maximum Gasteiger partial charge on any atom is 0.237 e. The molecule has 0 radical (unpaired) electrons. The highest BCUT2D eigenvalue weighted by Gasteiger charge is 2.29. The molecule has 2 atom stereocenters. The summed E-state index contributed by atoms with van der Waals surface area (Å²) in [4.78, 5) is 16.6. The SMILES string of the molecule is CC1CCCC(C)N1C(=O)CN(C)CCOc1ccc(Cl)cc1. The molecule has 1 saturated heterocycles. The Morgan fingerprint density at radius 1 is 1.26 bits per heavy atom. The first-order valence-electron chi connectivity index (χ1n) is 8.35. The van der Waals surface area contributed by atoms with Crippen molar-refractivity contribution in [1.82, 2.24) is 9.80 Å². The fraction of sp³-hybridized carbons (Fsp3) is 0.611. The molecule has 23 heavy (non-hydrogen) atoms. The van der Waals surface area contributed by atoms with Crippen LogP contribution in [0.15, 0.2) is 24.3 Å². The Labute approximate surface area is 144 Å². The molecule has 2 unspecified atom stereocenters. The summed E-state index contributed by atoms with van der Waals surface area (Å²) in [5, 5.41) is 0.699. The summed E-state index contributed by atoms with van der Waals surface area (Å²) in [6.07, 6.45) is 3.44. The number of benzene rings is 1. The van der Waals surface area contributed by atoms with Crippen LogP contribution in [0.1, 0.15) is 33.1 Å². The van der Waals surface area contributed by atoms with Gasteiger partial charge >= 0.3 is 0 Å². The van der Waals surface area contributed by atoms with E-state index >= 15 is 0 Å². The smallest absolute Gasteiger partial charge is 0.237 e. The number of amides is 1. The van der Waals surface area contributed by atoms with Crippen molar-refractivity contribution in [2.45, 2.75) is 45.2 Å². The van der Waals surface area contributed by atoms with Gasteiger partial charge in [0.1, 0.15) is 12.4 Å². The number of likely N-dealkylation sites (tertiary alicyclic amines) is 1. The molecule has 0 saturated carbocycles. The van der Waals surface area contributed by atoms with Crippen molar-refractivity contribution in [3.05, 3.63) is 29.3 Å². The highest BCUT2D eigenvalue weighted by molar-refractivity contribution is 6.30. The number of ether oxygens (including phenoxy) is 1. The summed E-state index contributed by atoms with van der Waals surface area (Å²) in [6, 6.07) is 8.02. The predicted octanol–water partition coefficient (Wildman–Crippen LogP) is 3.44. The normalized spacial score (nSPS) is 21.5. The van der Waals surface area contributed by atoms with Crippen LogP contribution in [0.4, 0.5) is 0 Å². The van der Waals surface area contributed by atoms with Crippen LogP contribution < -0.4 is 4.74 Å². The third-order valence-corrected chi connectivity index (χ3v) is 4.69. The largest absolute Gasteiger partial charge is 0.492 e. The maximum absolute atomic E-state index is 12.5. The zero-order valence-corrected chi connectivity index (χ0v) is 15.1. The summed E-state index contributed by atoms with van der Waals surface area (Å²) in [5.74, 6) is 1.02. The molecule has 1 aliphatic heterocycles. The first kappa shape index (κ1) is 18.1. The van der Waals surface area contributed by atoms with Crippen LogP contribution in [0.3, 0.4) is 0 Å². The summed E-state index contributed by atoms with van der Waals surface area (Å²) in [5.41, 5.74) is 0. The van der Waals surface area contributed by atoms with Crippen molar-refractivity contribution in [2.75, 3.05) is 26.7 Å². The third-order valence-electron chi connectivity index (χ3n) is 4.44. The van der Waals surface area contributed by atoms with Crippen LogP contribution in [0.2, 0.25) is 5.02 Å². The molecule has 1 fully saturated rings. The van der Waals surface area contributed by atoms with E-state index in [1.807, 2.05) is 36.2 Å². The Morgan fingerprint density at radius 2 is 1.87 bits per heavy atom. The Morgan fingerprint density at radius 3 is 2.48 bits per heavy atom. The van der Waals surface area contributed by atoms with E-state index in [2.05, 4.69) is 18.7 Å². The molecular weight excluding hydrogens is 312 g/mol. The number of halogens is 1. The number of hydrogen-bond donors (Lipinski definition) is 0. The Balaban J connectivity index is 1.74. The minimum atomic E-state index is 0.221. The average Bonchev–Trinajstić information content (AvgIpc) is 2.49. The topological polar surface area (TPSA) is 32.8 Å². The van der Waals surface area contributed by atoms with E-state index in [0.717, 1.165) is 18.6 Å². The zero-order chi connectivity index (χ0) is 16.8. The van der Waals surface area contributed by atoms with Gasteiger partial charge in [0.2, 0.25) is 5.91 Å². The molecule has 1 aromatic rings. The van der Waals surface area contributed by atoms with Crippen LogP contribution in [-0.2, 0) is 4.79 Å². The van der Waals surface area contributed by atoms with Gasteiger partial charge in [-0.05, 0) is 64.4 Å². The number of carbonyl (C=O) groups excluding carboxylic acids is 1. The second-order valence-corrected chi connectivity index (χ2v) is 6.91. The molecular formula is C18H27ClN2O2. The molecule has 1 heterocycles. The van der Waals surface area contributed by atoms with E-state index in [1.54, 1.807) is 0 Å². The van der Waals surface area contributed by atoms with Gasteiger partial charge in [0.05, 0.1) is 6.54 Å². The third kappa shape index (κ3) is 5.40. The molecule has 1 aliphatic rings. The lowest BCUT2D eigenvalue weighted by molar-refractivity contribution is -0.138. The van der Waals surface area contributed by atoms with Crippen molar-refractivity contribution >= 4 is 17.5 Å². The van der Waals surface area contributed by atoms with Gasteiger partial charge in [-0.2, -0.15) is 0 Å². The van der Waals surface area contributed by atoms with Gasteiger partial charge in [-0.15, -0.1) is 0 Å². The fourth-order valence-electron chi connectivity index (χ4n) is 3.15. The lowest BCUT2D eigenvalue weighted by Crippen LogP contribution is -2.50. The summed E-state index contributed by atoms with van der Waals surface area (Å²) in [6.45, 7) is 6.01. The van der Waals surface area contributed by atoms with E-state index in [0.29, 0.717) is 36.8 Å².